The van der Waals surface area contributed by atoms with Crippen molar-refractivity contribution in [2.75, 3.05) is 31.3 Å². The lowest BCUT2D eigenvalue weighted by atomic mass is 10.1. The second-order valence-electron chi connectivity index (χ2n) is 6.96. The molecule has 2 aliphatic heterocycles. The van der Waals surface area contributed by atoms with Crippen molar-refractivity contribution < 1.29 is 28.6 Å². The van der Waals surface area contributed by atoms with Gasteiger partial charge >= 0.3 is 5.97 Å². The molecule has 1 fully saturated rings. The van der Waals surface area contributed by atoms with Gasteiger partial charge in [0.2, 0.25) is 5.91 Å². The molecule has 154 valence electrons. The highest BCUT2D eigenvalue weighted by atomic mass is 16.6. The van der Waals surface area contributed by atoms with E-state index in [1.807, 2.05) is 0 Å². The molecule has 4 rings (SSSR count). The number of Topliss-reactive ketones (excluding diaryl/α,β-unsaturated/α-hetero) is 1. The van der Waals surface area contributed by atoms with E-state index in [0.717, 1.165) is 17.7 Å². The van der Waals surface area contributed by atoms with Crippen LogP contribution in [0.15, 0.2) is 48.5 Å². The maximum atomic E-state index is 12.3. The highest BCUT2D eigenvalue weighted by Crippen LogP contribution is 2.31. The highest BCUT2D eigenvalue weighted by Gasteiger charge is 2.21. The zero-order valence-corrected chi connectivity index (χ0v) is 16.3. The van der Waals surface area contributed by atoms with Crippen LogP contribution in [-0.2, 0) is 14.3 Å². The van der Waals surface area contributed by atoms with E-state index in [1.54, 1.807) is 53.4 Å². The molecule has 0 atom stereocenters. The summed E-state index contributed by atoms with van der Waals surface area (Å²) in [5, 5.41) is 0. The summed E-state index contributed by atoms with van der Waals surface area (Å²) in [5.41, 5.74) is 1.96. The molecule has 0 radical (unpaired) electrons. The van der Waals surface area contributed by atoms with Crippen LogP contribution in [0.3, 0.4) is 0 Å². The zero-order chi connectivity index (χ0) is 20.9. The SMILES string of the molecule is O=C(/C=C/c1ccc2c(c1)OCCO2)OCC(=O)c1ccc(N2CCCC2=O)cc1. The molecule has 7 heteroatoms. The van der Waals surface area contributed by atoms with Crippen LogP contribution >= 0.6 is 0 Å². The fourth-order valence-corrected chi connectivity index (χ4v) is 3.34. The normalized spacial score (nSPS) is 15.5. The third-order valence-corrected chi connectivity index (χ3v) is 4.90. The molecule has 0 aliphatic carbocycles. The van der Waals surface area contributed by atoms with Crippen molar-refractivity contribution in [3.63, 3.8) is 0 Å². The van der Waals surface area contributed by atoms with Gasteiger partial charge in [-0.1, -0.05) is 6.07 Å². The van der Waals surface area contributed by atoms with Crippen molar-refractivity contribution in [3.8, 4) is 11.5 Å². The summed E-state index contributed by atoms with van der Waals surface area (Å²) in [4.78, 5) is 37.7. The Bertz CT molecular complexity index is 995. The molecule has 0 unspecified atom stereocenters. The lowest BCUT2D eigenvalue weighted by Crippen LogP contribution is -2.23. The summed E-state index contributed by atoms with van der Waals surface area (Å²) in [6.45, 7) is 1.34. The van der Waals surface area contributed by atoms with E-state index in [9.17, 15) is 14.4 Å². The zero-order valence-electron chi connectivity index (χ0n) is 16.3. The Kier molecular flexibility index (Phi) is 5.79. The highest BCUT2D eigenvalue weighted by molar-refractivity contribution is 6.00. The van der Waals surface area contributed by atoms with Crippen molar-refractivity contribution in [3.05, 3.63) is 59.7 Å². The van der Waals surface area contributed by atoms with E-state index in [-0.39, 0.29) is 18.3 Å². The maximum absolute atomic E-state index is 12.3. The lowest BCUT2D eigenvalue weighted by Gasteiger charge is -2.18. The minimum Gasteiger partial charge on any atom is -0.486 e. The van der Waals surface area contributed by atoms with E-state index in [1.165, 1.54) is 6.08 Å². The summed E-state index contributed by atoms with van der Waals surface area (Å²) in [6.07, 6.45) is 4.25. The predicted octanol–water partition coefficient (Wildman–Crippen LogP) is 3.02. The first-order valence-corrected chi connectivity index (χ1v) is 9.78. The first-order chi connectivity index (χ1) is 14.6. The maximum Gasteiger partial charge on any atom is 0.331 e. The second-order valence-corrected chi connectivity index (χ2v) is 6.96. The van der Waals surface area contributed by atoms with Gasteiger partial charge in [0.15, 0.2) is 23.9 Å². The number of carbonyl (C=O) groups is 3. The molecule has 1 saturated heterocycles. The van der Waals surface area contributed by atoms with Crippen molar-refractivity contribution >= 4 is 29.4 Å². The molecule has 2 aromatic rings. The van der Waals surface area contributed by atoms with Gasteiger partial charge < -0.3 is 19.1 Å². The number of ether oxygens (including phenoxy) is 3. The number of nitrogens with zero attached hydrogens (tertiary/aromatic N) is 1. The number of benzene rings is 2. The third-order valence-electron chi connectivity index (χ3n) is 4.90. The summed E-state index contributed by atoms with van der Waals surface area (Å²) >= 11 is 0. The number of esters is 1. The van der Waals surface area contributed by atoms with Crippen LogP contribution in [0.4, 0.5) is 5.69 Å². The van der Waals surface area contributed by atoms with Crippen molar-refractivity contribution in [1.82, 2.24) is 0 Å². The van der Waals surface area contributed by atoms with Gasteiger partial charge in [0.05, 0.1) is 0 Å². The molecule has 30 heavy (non-hydrogen) atoms. The van der Waals surface area contributed by atoms with Crippen LogP contribution < -0.4 is 14.4 Å². The van der Waals surface area contributed by atoms with Gasteiger partial charge in [-0.15, -0.1) is 0 Å². The van der Waals surface area contributed by atoms with E-state index in [2.05, 4.69) is 0 Å². The van der Waals surface area contributed by atoms with E-state index in [4.69, 9.17) is 14.2 Å². The van der Waals surface area contributed by atoms with Crippen LogP contribution in [-0.4, -0.2) is 44.0 Å². The number of rotatable bonds is 6. The molecular formula is C23H21NO6. The Morgan fingerprint density at radius 3 is 2.53 bits per heavy atom. The topological polar surface area (TPSA) is 82.1 Å². The molecule has 2 aliphatic rings. The average Bonchev–Trinajstić information content (AvgIpc) is 3.21. The minimum absolute atomic E-state index is 0.0906. The van der Waals surface area contributed by atoms with Gasteiger partial charge in [-0.05, 0) is 54.5 Å². The third kappa shape index (κ3) is 4.51. The fourth-order valence-electron chi connectivity index (χ4n) is 3.34. The van der Waals surface area contributed by atoms with Crippen molar-refractivity contribution in [2.24, 2.45) is 0 Å². The number of hydrogen-bond acceptors (Lipinski definition) is 6. The van der Waals surface area contributed by atoms with Gasteiger partial charge in [0.1, 0.15) is 13.2 Å². The molecule has 0 saturated carbocycles. The average molecular weight is 407 g/mol. The lowest BCUT2D eigenvalue weighted by molar-refractivity contribution is -0.136. The molecule has 0 aromatic heterocycles. The van der Waals surface area contributed by atoms with Crippen LogP contribution in [0.5, 0.6) is 11.5 Å². The Balaban J connectivity index is 1.29. The standard InChI is InChI=1S/C23H21NO6/c25-19(17-5-7-18(8-6-17)24-11-1-2-22(24)26)15-30-23(27)10-4-16-3-9-20-21(14-16)29-13-12-28-20/h3-10,14H,1-2,11-13,15H2/b10-4+. The molecule has 2 aromatic carbocycles. The van der Waals surface area contributed by atoms with Crippen LogP contribution in [0.2, 0.25) is 0 Å². The first kappa shape index (κ1) is 19.7. The van der Waals surface area contributed by atoms with Gasteiger partial charge in [0, 0.05) is 30.3 Å². The van der Waals surface area contributed by atoms with Gasteiger partial charge in [-0.25, -0.2) is 4.79 Å². The predicted molar refractivity (Wildman–Crippen MR) is 110 cm³/mol. The molecule has 2 heterocycles. The van der Waals surface area contributed by atoms with Gasteiger partial charge in [-0.3, -0.25) is 9.59 Å². The molecule has 7 nitrogen and oxygen atoms in total. The first-order valence-electron chi connectivity index (χ1n) is 9.78. The quantitative estimate of drug-likeness (QED) is 0.416. The summed E-state index contributed by atoms with van der Waals surface area (Å²) < 4.78 is 16.0. The Morgan fingerprint density at radius 1 is 1.03 bits per heavy atom. The fraction of sp³-hybridized carbons (Fsp3) is 0.261. The number of fused-ring (bicyclic) bond motifs is 1. The smallest absolute Gasteiger partial charge is 0.331 e. The summed E-state index contributed by atoms with van der Waals surface area (Å²) in [7, 11) is 0. The Labute approximate surface area is 173 Å². The second kappa shape index (κ2) is 8.82. The summed E-state index contributed by atoms with van der Waals surface area (Å²) in [5.74, 6) is 0.471. The Hall–Kier alpha value is -3.61. The van der Waals surface area contributed by atoms with E-state index >= 15 is 0 Å². The minimum atomic E-state index is -0.613. The van der Waals surface area contributed by atoms with Crippen LogP contribution in [0.25, 0.3) is 6.08 Å². The molecule has 0 N–H and O–H groups in total. The Morgan fingerprint density at radius 2 is 1.80 bits per heavy atom. The van der Waals surface area contributed by atoms with Gasteiger partial charge in [-0.2, -0.15) is 0 Å². The molecule has 1 amide bonds. The monoisotopic (exact) mass is 407 g/mol. The molecule has 0 bridgehead atoms. The number of carbonyl (C=O) groups excluding carboxylic acids is 3. The number of ketones is 1. The van der Waals surface area contributed by atoms with Crippen molar-refractivity contribution in [2.45, 2.75) is 12.8 Å². The molecule has 0 spiro atoms. The largest absolute Gasteiger partial charge is 0.486 e. The van der Waals surface area contributed by atoms with Crippen LogP contribution in [0.1, 0.15) is 28.8 Å². The van der Waals surface area contributed by atoms with Crippen LogP contribution in [0, 0.1) is 0 Å². The van der Waals surface area contributed by atoms with E-state index < -0.39 is 5.97 Å². The number of anilines is 1. The van der Waals surface area contributed by atoms with Gasteiger partial charge in [0.25, 0.3) is 0 Å². The van der Waals surface area contributed by atoms with E-state index in [0.29, 0.717) is 43.2 Å². The summed E-state index contributed by atoms with van der Waals surface area (Å²) in [6, 6.07) is 12.1. The molecular weight excluding hydrogens is 386 g/mol. The number of hydrogen-bond donors (Lipinski definition) is 0. The van der Waals surface area contributed by atoms with Crippen molar-refractivity contribution in [1.29, 1.82) is 0 Å². The number of amides is 1.